The summed E-state index contributed by atoms with van der Waals surface area (Å²) >= 11 is 0. The number of esters is 2. The molecule has 0 saturated heterocycles. The molecule has 0 aliphatic carbocycles. The maximum atomic E-state index is 12.1. The van der Waals surface area contributed by atoms with Crippen LogP contribution in [0.25, 0.3) is 0 Å². The zero-order valence-corrected chi connectivity index (χ0v) is 30.9. The number of unbranched alkanes of at least 4 members (excludes halogenated alkanes) is 27. The molecule has 0 amide bonds. The molecule has 272 valence electrons. The van der Waals surface area contributed by atoms with Crippen molar-refractivity contribution in [2.24, 2.45) is 0 Å². The molecular formula is C41H78O5. The Hall–Kier alpha value is -1.36. The first-order valence-electron chi connectivity index (χ1n) is 20.2. The molecule has 1 atom stereocenters. The molecule has 46 heavy (non-hydrogen) atoms. The maximum Gasteiger partial charge on any atom is 0.306 e. The third-order valence-electron chi connectivity index (χ3n) is 9.06. The molecule has 1 N–H and O–H groups in total. The standard InChI is InChI=1S/C41H78O5/c1-3-5-7-9-11-13-15-17-18-19-20-21-22-24-25-27-29-31-33-35-40(43)45-38-39(37-42)46-41(44)36-34-32-30-28-26-23-16-14-12-10-8-6-4-2/h14,16,39,42H,3-13,15,17-38H2,1-2H3. The largest absolute Gasteiger partial charge is 0.462 e. The fourth-order valence-corrected chi connectivity index (χ4v) is 5.96. The molecule has 0 bridgehead atoms. The summed E-state index contributed by atoms with van der Waals surface area (Å²) in [7, 11) is 0. The first-order valence-corrected chi connectivity index (χ1v) is 20.2. The van der Waals surface area contributed by atoms with E-state index in [2.05, 4.69) is 26.0 Å². The summed E-state index contributed by atoms with van der Waals surface area (Å²) < 4.78 is 10.6. The van der Waals surface area contributed by atoms with Crippen LogP contribution in [-0.4, -0.2) is 36.4 Å². The Morgan fingerprint density at radius 1 is 0.478 bits per heavy atom. The van der Waals surface area contributed by atoms with E-state index in [9.17, 15) is 14.7 Å². The van der Waals surface area contributed by atoms with Crippen molar-refractivity contribution in [2.45, 2.75) is 225 Å². The van der Waals surface area contributed by atoms with Crippen molar-refractivity contribution in [3.63, 3.8) is 0 Å². The summed E-state index contributed by atoms with van der Waals surface area (Å²) in [6, 6.07) is 0. The van der Waals surface area contributed by atoms with Crippen molar-refractivity contribution in [3.8, 4) is 0 Å². The minimum Gasteiger partial charge on any atom is -0.462 e. The number of ether oxygens (including phenoxy) is 2. The monoisotopic (exact) mass is 651 g/mol. The van der Waals surface area contributed by atoms with Crippen LogP contribution in [0.3, 0.4) is 0 Å². The zero-order valence-electron chi connectivity index (χ0n) is 30.9. The normalized spacial score (nSPS) is 12.2. The highest BCUT2D eigenvalue weighted by Crippen LogP contribution is 2.15. The van der Waals surface area contributed by atoms with Crippen LogP contribution in [0.1, 0.15) is 219 Å². The highest BCUT2D eigenvalue weighted by atomic mass is 16.6. The third kappa shape index (κ3) is 35.5. The van der Waals surface area contributed by atoms with Gasteiger partial charge in [-0.3, -0.25) is 9.59 Å². The van der Waals surface area contributed by atoms with Gasteiger partial charge in [-0.25, -0.2) is 0 Å². The molecule has 0 aliphatic rings. The predicted molar refractivity (Wildman–Crippen MR) is 196 cm³/mol. The lowest BCUT2D eigenvalue weighted by Crippen LogP contribution is -2.28. The highest BCUT2D eigenvalue weighted by Gasteiger charge is 2.16. The molecule has 0 saturated carbocycles. The molecule has 0 rings (SSSR count). The first kappa shape index (κ1) is 44.6. The van der Waals surface area contributed by atoms with Crippen molar-refractivity contribution in [1.82, 2.24) is 0 Å². The molecule has 0 aromatic heterocycles. The Morgan fingerprint density at radius 2 is 0.804 bits per heavy atom. The molecule has 0 heterocycles. The van der Waals surface area contributed by atoms with Crippen LogP contribution in [0.4, 0.5) is 0 Å². The molecule has 0 radical (unpaired) electrons. The quantitative estimate of drug-likeness (QED) is 0.0411. The number of aliphatic hydroxyl groups is 1. The summed E-state index contributed by atoms with van der Waals surface area (Å²) in [4.78, 5) is 24.2. The number of hydrogen-bond donors (Lipinski definition) is 1. The lowest BCUT2D eigenvalue weighted by molar-refractivity contribution is -0.161. The van der Waals surface area contributed by atoms with Gasteiger partial charge >= 0.3 is 11.9 Å². The third-order valence-corrected chi connectivity index (χ3v) is 9.06. The van der Waals surface area contributed by atoms with Gasteiger partial charge in [-0.05, 0) is 38.5 Å². The smallest absolute Gasteiger partial charge is 0.306 e. The summed E-state index contributed by atoms with van der Waals surface area (Å²) in [5.41, 5.74) is 0. The second-order valence-electron chi connectivity index (χ2n) is 13.7. The van der Waals surface area contributed by atoms with E-state index in [4.69, 9.17) is 9.47 Å². The molecule has 1 unspecified atom stereocenters. The average molecular weight is 651 g/mol. The lowest BCUT2D eigenvalue weighted by atomic mass is 10.0. The number of carbonyl (C=O) groups is 2. The summed E-state index contributed by atoms with van der Waals surface area (Å²) in [6.07, 6.45) is 42.8. The second-order valence-corrected chi connectivity index (χ2v) is 13.7. The van der Waals surface area contributed by atoms with E-state index in [0.29, 0.717) is 12.8 Å². The number of rotatable bonds is 37. The van der Waals surface area contributed by atoms with E-state index in [0.717, 1.165) is 38.5 Å². The van der Waals surface area contributed by atoms with Gasteiger partial charge < -0.3 is 14.6 Å². The van der Waals surface area contributed by atoms with Crippen LogP contribution in [0.2, 0.25) is 0 Å². The van der Waals surface area contributed by atoms with Crippen LogP contribution in [0, 0.1) is 0 Å². The topological polar surface area (TPSA) is 72.8 Å². The Balaban J connectivity index is 3.49. The van der Waals surface area contributed by atoms with Crippen LogP contribution in [0.5, 0.6) is 0 Å². The Bertz CT molecular complexity index is 661. The van der Waals surface area contributed by atoms with Gasteiger partial charge in [-0.15, -0.1) is 0 Å². The Labute approximate surface area is 286 Å². The van der Waals surface area contributed by atoms with E-state index < -0.39 is 6.10 Å². The molecule has 0 fully saturated rings. The van der Waals surface area contributed by atoms with Crippen LogP contribution < -0.4 is 0 Å². The minimum atomic E-state index is -0.768. The first-order chi connectivity index (χ1) is 22.6. The summed E-state index contributed by atoms with van der Waals surface area (Å²) in [5, 5.41) is 9.54. The molecule has 0 spiro atoms. The lowest BCUT2D eigenvalue weighted by Gasteiger charge is -2.15. The van der Waals surface area contributed by atoms with E-state index in [-0.39, 0.29) is 25.2 Å². The van der Waals surface area contributed by atoms with Gasteiger partial charge in [0.2, 0.25) is 0 Å². The van der Waals surface area contributed by atoms with E-state index in [1.54, 1.807) is 0 Å². The number of allylic oxidation sites excluding steroid dienone is 2. The molecule has 5 heteroatoms. The van der Waals surface area contributed by atoms with Gasteiger partial charge in [0.15, 0.2) is 6.10 Å². The van der Waals surface area contributed by atoms with Crippen LogP contribution in [-0.2, 0) is 19.1 Å². The van der Waals surface area contributed by atoms with Crippen LogP contribution in [0.15, 0.2) is 12.2 Å². The molecule has 0 aromatic carbocycles. The van der Waals surface area contributed by atoms with Crippen LogP contribution >= 0.6 is 0 Å². The minimum absolute atomic E-state index is 0.0632. The average Bonchev–Trinajstić information content (AvgIpc) is 3.06. The summed E-state index contributed by atoms with van der Waals surface area (Å²) in [6.45, 7) is 4.13. The fourth-order valence-electron chi connectivity index (χ4n) is 5.96. The van der Waals surface area contributed by atoms with Gasteiger partial charge in [0.05, 0.1) is 6.61 Å². The molecule has 0 aliphatic heterocycles. The van der Waals surface area contributed by atoms with Crippen molar-refractivity contribution in [2.75, 3.05) is 13.2 Å². The molecule has 5 nitrogen and oxygen atoms in total. The van der Waals surface area contributed by atoms with Crippen molar-refractivity contribution < 1.29 is 24.2 Å². The van der Waals surface area contributed by atoms with E-state index in [1.165, 1.54) is 154 Å². The molecule has 0 aromatic rings. The SMILES string of the molecule is CCCCCCC=CCCCCCCCC(=O)OC(CO)COC(=O)CCCCCCCCCCCCCCCCCCCCC. The van der Waals surface area contributed by atoms with Gasteiger partial charge in [0, 0.05) is 12.8 Å². The van der Waals surface area contributed by atoms with Gasteiger partial charge in [0.25, 0.3) is 0 Å². The van der Waals surface area contributed by atoms with Gasteiger partial charge in [0.1, 0.15) is 6.61 Å². The number of aliphatic hydroxyl groups excluding tert-OH is 1. The number of hydrogen-bond acceptors (Lipinski definition) is 5. The fraction of sp³-hybridized carbons (Fsp3) is 0.902. The second kappa shape index (κ2) is 38.1. The highest BCUT2D eigenvalue weighted by molar-refractivity contribution is 5.70. The number of carbonyl (C=O) groups excluding carboxylic acids is 2. The van der Waals surface area contributed by atoms with Crippen molar-refractivity contribution >= 4 is 11.9 Å². The van der Waals surface area contributed by atoms with Gasteiger partial charge in [-0.2, -0.15) is 0 Å². The predicted octanol–water partition coefficient (Wildman–Crippen LogP) is 12.5. The molecular weight excluding hydrogens is 572 g/mol. The summed E-state index contributed by atoms with van der Waals surface area (Å²) in [5.74, 6) is -0.590. The van der Waals surface area contributed by atoms with Crippen molar-refractivity contribution in [3.05, 3.63) is 12.2 Å². The Morgan fingerprint density at radius 3 is 1.20 bits per heavy atom. The van der Waals surface area contributed by atoms with E-state index >= 15 is 0 Å². The van der Waals surface area contributed by atoms with Gasteiger partial charge in [-0.1, -0.05) is 180 Å². The van der Waals surface area contributed by atoms with E-state index in [1.807, 2.05) is 0 Å². The zero-order chi connectivity index (χ0) is 33.6. The van der Waals surface area contributed by atoms with Crippen molar-refractivity contribution in [1.29, 1.82) is 0 Å². The Kier molecular flexibility index (Phi) is 37.0. The maximum absolute atomic E-state index is 12.1.